The van der Waals surface area contributed by atoms with E-state index in [-0.39, 0.29) is 5.91 Å². The van der Waals surface area contributed by atoms with Crippen LogP contribution in [-0.4, -0.2) is 15.3 Å². The summed E-state index contributed by atoms with van der Waals surface area (Å²) in [4.78, 5) is 17.4. The van der Waals surface area contributed by atoms with Crippen LogP contribution in [0.5, 0.6) is 0 Å². The number of pyridine rings is 1. The maximum Gasteiger partial charge on any atom is 0.225 e. The van der Waals surface area contributed by atoms with Crippen LogP contribution in [0.2, 0.25) is 5.02 Å². The lowest BCUT2D eigenvalue weighted by atomic mass is 10.1. The van der Waals surface area contributed by atoms with Crippen LogP contribution in [-0.2, 0) is 11.2 Å². The third-order valence-electron chi connectivity index (χ3n) is 4.61. The molecule has 0 saturated carbocycles. The molecule has 0 spiro atoms. The molecule has 0 saturated heterocycles. The van der Waals surface area contributed by atoms with Crippen molar-refractivity contribution in [2.45, 2.75) is 19.8 Å². The second-order valence-corrected chi connectivity index (χ2v) is 7.22. The predicted octanol–water partition coefficient (Wildman–Crippen LogP) is 5.53. The van der Waals surface area contributed by atoms with Crippen molar-refractivity contribution < 1.29 is 4.79 Å². The maximum absolute atomic E-state index is 12.7. The number of hydrogen-bond donors (Lipinski definition) is 1. The van der Waals surface area contributed by atoms with Gasteiger partial charge in [0.2, 0.25) is 5.91 Å². The molecule has 0 fully saturated rings. The molecule has 1 N–H and O–H groups in total. The molecule has 4 nitrogen and oxygen atoms in total. The summed E-state index contributed by atoms with van der Waals surface area (Å²) in [6.07, 6.45) is 3.07. The molecule has 2 heterocycles. The number of anilines is 1. The second kappa shape index (κ2) is 7.87. The predicted molar refractivity (Wildman–Crippen MR) is 114 cm³/mol. The summed E-state index contributed by atoms with van der Waals surface area (Å²) < 4.78 is 1.92. The Bertz CT molecular complexity index is 1140. The third kappa shape index (κ3) is 3.92. The number of carbonyl (C=O) groups excluding carboxylic acids is 1. The molecule has 0 atom stereocenters. The highest BCUT2D eigenvalue weighted by atomic mass is 35.5. The second-order valence-electron chi connectivity index (χ2n) is 6.79. The van der Waals surface area contributed by atoms with Gasteiger partial charge in [-0.3, -0.25) is 9.20 Å². The van der Waals surface area contributed by atoms with Crippen molar-refractivity contribution in [2.75, 3.05) is 5.32 Å². The van der Waals surface area contributed by atoms with Gasteiger partial charge in [-0.25, -0.2) is 4.98 Å². The largest absolute Gasteiger partial charge is 0.310 e. The third-order valence-corrected chi connectivity index (χ3v) is 4.84. The van der Waals surface area contributed by atoms with E-state index in [1.54, 1.807) is 0 Å². The molecule has 1 amide bonds. The van der Waals surface area contributed by atoms with Crippen molar-refractivity contribution in [2.24, 2.45) is 0 Å². The standard InChI is InChI=1S/C23H20ClN3O/c1-16-10-12-20-25-22(18-8-5-9-19(24)14-18)23(27(20)15-16)26-21(28)13-11-17-6-3-2-4-7-17/h2-10,12,14-15H,11,13H2,1H3,(H,26,28). The molecule has 0 radical (unpaired) electrons. The molecule has 5 heteroatoms. The van der Waals surface area contributed by atoms with Gasteiger partial charge in [-0.1, -0.05) is 60.1 Å². The van der Waals surface area contributed by atoms with Crippen molar-refractivity contribution in [1.82, 2.24) is 9.38 Å². The molecule has 0 bridgehead atoms. The van der Waals surface area contributed by atoms with Crippen LogP contribution >= 0.6 is 11.6 Å². The van der Waals surface area contributed by atoms with E-state index < -0.39 is 0 Å². The molecular formula is C23H20ClN3O. The molecule has 140 valence electrons. The summed E-state index contributed by atoms with van der Waals surface area (Å²) >= 11 is 6.17. The van der Waals surface area contributed by atoms with E-state index in [1.807, 2.05) is 84.3 Å². The fraction of sp³-hybridized carbons (Fsp3) is 0.130. The van der Waals surface area contributed by atoms with Gasteiger partial charge in [0.15, 0.2) is 0 Å². The molecule has 0 unspecified atom stereocenters. The van der Waals surface area contributed by atoms with Crippen LogP contribution in [0.3, 0.4) is 0 Å². The van der Waals surface area contributed by atoms with E-state index in [0.717, 1.165) is 22.3 Å². The van der Waals surface area contributed by atoms with E-state index in [2.05, 4.69) is 5.32 Å². The highest BCUT2D eigenvalue weighted by Gasteiger charge is 2.17. The van der Waals surface area contributed by atoms with Crippen LogP contribution in [0.1, 0.15) is 17.5 Å². The Morgan fingerprint density at radius 2 is 1.89 bits per heavy atom. The number of imidazole rings is 1. The Morgan fingerprint density at radius 1 is 1.07 bits per heavy atom. The number of nitrogens with one attached hydrogen (secondary N) is 1. The van der Waals surface area contributed by atoms with E-state index >= 15 is 0 Å². The highest BCUT2D eigenvalue weighted by molar-refractivity contribution is 6.30. The Labute approximate surface area is 168 Å². The lowest BCUT2D eigenvalue weighted by Gasteiger charge is -2.09. The molecule has 4 rings (SSSR count). The topological polar surface area (TPSA) is 46.4 Å². The summed E-state index contributed by atoms with van der Waals surface area (Å²) in [5, 5.41) is 3.70. The van der Waals surface area contributed by atoms with E-state index in [4.69, 9.17) is 16.6 Å². The normalized spacial score (nSPS) is 10.9. The van der Waals surface area contributed by atoms with Gasteiger partial charge in [0.05, 0.1) is 0 Å². The van der Waals surface area contributed by atoms with Crippen molar-refractivity contribution >= 4 is 29.0 Å². The molecule has 0 aliphatic heterocycles. The Morgan fingerprint density at radius 3 is 2.68 bits per heavy atom. The molecule has 2 aromatic heterocycles. The van der Waals surface area contributed by atoms with Crippen molar-refractivity contribution in [3.63, 3.8) is 0 Å². The minimum absolute atomic E-state index is 0.0459. The number of nitrogens with zero attached hydrogens (tertiary/aromatic N) is 2. The Kier molecular flexibility index (Phi) is 5.13. The first-order valence-electron chi connectivity index (χ1n) is 9.18. The van der Waals surface area contributed by atoms with Crippen molar-refractivity contribution in [1.29, 1.82) is 0 Å². The van der Waals surface area contributed by atoms with E-state index in [0.29, 0.717) is 29.4 Å². The van der Waals surface area contributed by atoms with Crippen molar-refractivity contribution in [3.05, 3.63) is 89.1 Å². The SMILES string of the molecule is Cc1ccc2nc(-c3cccc(Cl)c3)c(NC(=O)CCc3ccccc3)n2c1. The Balaban J connectivity index is 1.67. The van der Waals surface area contributed by atoms with Crippen molar-refractivity contribution in [3.8, 4) is 11.3 Å². The highest BCUT2D eigenvalue weighted by Crippen LogP contribution is 2.30. The number of aromatic nitrogens is 2. The zero-order valence-corrected chi connectivity index (χ0v) is 16.3. The summed E-state index contributed by atoms with van der Waals surface area (Å²) in [5.41, 5.74) is 4.58. The first kappa shape index (κ1) is 18.3. The number of benzene rings is 2. The van der Waals surface area contributed by atoms with Crippen LogP contribution < -0.4 is 5.32 Å². The number of carbonyl (C=O) groups is 1. The molecule has 4 aromatic rings. The molecular weight excluding hydrogens is 370 g/mol. The number of halogens is 1. The first-order chi connectivity index (χ1) is 13.6. The average Bonchev–Trinajstić information content (AvgIpc) is 3.05. The maximum atomic E-state index is 12.7. The lowest BCUT2D eigenvalue weighted by Crippen LogP contribution is -2.14. The molecule has 0 aliphatic rings. The minimum Gasteiger partial charge on any atom is -0.310 e. The number of hydrogen-bond acceptors (Lipinski definition) is 2. The van der Waals surface area contributed by atoms with Crippen LogP contribution in [0.15, 0.2) is 72.9 Å². The van der Waals surface area contributed by atoms with E-state index in [9.17, 15) is 4.79 Å². The smallest absolute Gasteiger partial charge is 0.225 e. The van der Waals surface area contributed by atoms with Gasteiger partial charge < -0.3 is 5.32 Å². The van der Waals surface area contributed by atoms with E-state index in [1.165, 1.54) is 0 Å². The monoisotopic (exact) mass is 389 g/mol. The zero-order valence-electron chi connectivity index (χ0n) is 15.5. The van der Waals surface area contributed by atoms with Gasteiger partial charge in [-0.15, -0.1) is 0 Å². The molecule has 2 aromatic carbocycles. The number of fused-ring (bicyclic) bond motifs is 1. The van der Waals surface area contributed by atoms with Crippen LogP contribution in [0, 0.1) is 6.92 Å². The van der Waals surface area contributed by atoms with Gasteiger partial charge in [0, 0.05) is 23.2 Å². The lowest BCUT2D eigenvalue weighted by molar-refractivity contribution is -0.116. The number of aryl methyl sites for hydroxylation is 2. The van der Waals surface area contributed by atoms with Gasteiger partial charge in [0.1, 0.15) is 17.2 Å². The van der Waals surface area contributed by atoms with Gasteiger partial charge in [0.25, 0.3) is 0 Å². The summed E-state index contributed by atoms with van der Waals surface area (Å²) in [6.45, 7) is 2.01. The summed E-state index contributed by atoms with van der Waals surface area (Å²) in [5.74, 6) is 0.620. The Hall–Kier alpha value is -3.11. The van der Waals surface area contributed by atoms with Gasteiger partial charge in [-0.2, -0.15) is 0 Å². The zero-order chi connectivity index (χ0) is 19.5. The van der Waals surface area contributed by atoms with Crippen LogP contribution in [0.4, 0.5) is 5.82 Å². The number of amides is 1. The summed E-state index contributed by atoms with van der Waals surface area (Å²) in [7, 11) is 0. The number of rotatable bonds is 5. The quantitative estimate of drug-likeness (QED) is 0.487. The fourth-order valence-corrected chi connectivity index (χ4v) is 3.39. The first-order valence-corrected chi connectivity index (χ1v) is 9.56. The molecule has 28 heavy (non-hydrogen) atoms. The van der Waals surface area contributed by atoms with Crippen LogP contribution in [0.25, 0.3) is 16.9 Å². The average molecular weight is 390 g/mol. The minimum atomic E-state index is -0.0459. The fourth-order valence-electron chi connectivity index (χ4n) is 3.20. The molecule has 0 aliphatic carbocycles. The van der Waals surface area contributed by atoms with Gasteiger partial charge >= 0.3 is 0 Å². The summed E-state index contributed by atoms with van der Waals surface area (Å²) in [6, 6.07) is 21.5. The van der Waals surface area contributed by atoms with Gasteiger partial charge in [-0.05, 0) is 42.7 Å².